The molecule has 2 aromatic carbocycles. The Labute approximate surface area is 186 Å². The third-order valence-corrected chi connectivity index (χ3v) is 6.54. The molecule has 0 fully saturated rings. The largest absolute Gasteiger partial charge is 0.490 e. The summed E-state index contributed by atoms with van der Waals surface area (Å²) in [7, 11) is -3.67. The Morgan fingerprint density at radius 3 is 2.32 bits per heavy atom. The van der Waals surface area contributed by atoms with Gasteiger partial charge < -0.3 is 14.8 Å². The molecule has 0 spiro atoms. The number of nitrogens with one attached hydrogen (secondary N) is 2. The van der Waals surface area contributed by atoms with Gasteiger partial charge in [-0.15, -0.1) is 11.3 Å². The lowest BCUT2D eigenvalue weighted by atomic mass is 10.2. The second-order valence-electron chi connectivity index (χ2n) is 6.41. The molecule has 7 nitrogen and oxygen atoms in total. The first-order chi connectivity index (χ1) is 14.9. The van der Waals surface area contributed by atoms with Crippen LogP contribution in [0.1, 0.15) is 29.1 Å². The van der Waals surface area contributed by atoms with E-state index in [9.17, 15) is 13.2 Å². The average Bonchev–Trinajstić information content (AvgIpc) is 3.28. The number of sulfonamides is 1. The molecule has 3 aromatic rings. The fourth-order valence-electron chi connectivity index (χ4n) is 2.78. The Balaban J connectivity index is 1.68. The highest BCUT2D eigenvalue weighted by atomic mass is 32.2. The molecule has 1 aromatic heterocycles. The quantitative estimate of drug-likeness (QED) is 0.471. The highest BCUT2D eigenvalue weighted by Crippen LogP contribution is 2.30. The maximum absolute atomic E-state index is 12.6. The molecule has 164 valence electrons. The summed E-state index contributed by atoms with van der Waals surface area (Å²) in [6.45, 7) is 4.94. The van der Waals surface area contributed by atoms with Crippen LogP contribution >= 0.6 is 11.3 Å². The van der Waals surface area contributed by atoms with Crippen LogP contribution in [-0.4, -0.2) is 27.5 Å². The molecule has 0 aliphatic rings. The summed E-state index contributed by atoms with van der Waals surface area (Å²) >= 11 is 1.48. The van der Waals surface area contributed by atoms with Gasteiger partial charge in [0.05, 0.1) is 18.1 Å². The van der Waals surface area contributed by atoms with Crippen molar-refractivity contribution in [1.29, 1.82) is 0 Å². The second kappa shape index (κ2) is 10.4. The van der Waals surface area contributed by atoms with Crippen molar-refractivity contribution in [3.8, 4) is 11.5 Å². The summed E-state index contributed by atoms with van der Waals surface area (Å²) < 4.78 is 38.6. The van der Waals surface area contributed by atoms with Crippen molar-refractivity contribution < 1.29 is 22.7 Å². The van der Waals surface area contributed by atoms with Gasteiger partial charge in [0.15, 0.2) is 11.5 Å². The zero-order valence-electron chi connectivity index (χ0n) is 17.3. The Kier molecular flexibility index (Phi) is 7.67. The fraction of sp³-hybridized carbons (Fsp3) is 0.227. The number of anilines is 1. The van der Waals surface area contributed by atoms with E-state index >= 15 is 0 Å². The zero-order chi connectivity index (χ0) is 22.3. The molecule has 0 aliphatic carbocycles. The number of ether oxygens (including phenoxy) is 2. The first-order valence-electron chi connectivity index (χ1n) is 9.76. The molecule has 0 atom stereocenters. The maximum atomic E-state index is 12.6. The molecule has 0 aliphatic heterocycles. The zero-order valence-corrected chi connectivity index (χ0v) is 18.9. The molecular formula is C22H24N2O5S2. The monoisotopic (exact) mass is 460 g/mol. The highest BCUT2D eigenvalue weighted by Gasteiger charge is 2.16. The van der Waals surface area contributed by atoms with Crippen LogP contribution in [0.5, 0.6) is 11.5 Å². The maximum Gasteiger partial charge on any atom is 0.255 e. The van der Waals surface area contributed by atoms with Crippen molar-refractivity contribution in [3.63, 3.8) is 0 Å². The van der Waals surface area contributed by atoms with Gasteiger partial charge in [-0.3, -0.25) is 4.79 Å². The van der Waals surface area contributed by atoms with Crippen LogP contribution in [0.3, 0.4) is 0 Å². The van der Waals surface area contributed by atoms with E-state index in [1.807, 2.05) is 31.4 Å². The van der Waals surface area contributed by atoms with Crippen molar-refractivity contribution in [2.24, 2.45) is 0 Å². The van der Waals surface area contributed by atoms with Gasteiger partial charge in [0, 0.05) is 28.7 Å². The van der Waals surface area contributed by atoms with Gasteiger partial charge >= 0.3 is 0 Å². The Bertz CT molecular complexity index is 1110. The topological polar surface area (TPSA) is 93.7 Å². The number of carbonyl (C=O) groups excluding carboxylic acids is 1. The first kappa shape index (κ1) is 22.8. The van der Waals surface area contributed by atoms with Crippen LogP contribution in [-0.2, 0) is 16.6 Å². The summed E-state index contributed by atoms with van der Waals surface area (Å²) in [6, 6.07) is 14.7. The number of carbonyl (C=O) groups is 1. The van der Waals surface area contributed by atoms with Gasteiger partial charge in [-0.1, -0.05) is 6.07 Å². The van der Waals surface area contributed by atoms with Gasteiger partial charge in [0.2, 0.25) is 10.0 Å². The van der Waals surface area contributed by atoms with E-state index in [1.54, 1.807) is 18.2 Å². The van der Waals surface area contributed by atoms with Crippen LogP contribution in [0.25, 0.3) is 0 Å². The van der Waals surface area contributed by atoms with E-state index in [1.165, 1.54) is 35.6 Å². The summed E-state index contributed by atoms with van der Waals surface area (Å²) in [4.78, 5) is 13.6. The minimum Gasteiger partial charge on any atom is -0.490 e. The summed E-state index contributed by atoms with van der Waals surface area (Å²) in [5.74, 6) is 0.787. The molecule has 3 rings (SSSR count). The molecule has 0 saturated carbocycles. The fourth-order valence-corrected chi connectivity index (χ4v) is 4.52. The number of thiophene rings is 1. The number of hydrogen-bond acceptors (Lipinski definition) is 6. The third kappa shape index (κ3) is 6.06. The lowest BCUT2D eigenvalue weighted by Gasteiger charge is -2.13. The molecule has 1 heterocycles. The minimum atomic E-state index is -3.67. The van der Waals surface area contributed by atoms with Crippen LogP contribution in [0.2, 0.25) is 0 Å². The predicted molar refractivity (Wildman–Crippen MR) is 122 cm³/mol. The normalized spacial score (nSPS) is 11.2. The van der Waals surface area contributed by atoms with Gasteiger partial charge in [-0.2, -0.15) is 0 Å². The van der Waals surface area contributed by atoms with Crippen LogP contribution in [0, 0.1) is 0 Å². The third-order valence-electron chi connectivity index (χ3n) is 4.24. The summed E-state index contributed by atoms with van der Waals surface area (Å²) in [5, 5.41) is 4.68. The number of amides is 1. The molecule has 9 heteroatoms. The van der Waals surface area contributed by atoms with E-state index in [0.717, 1.165) is 4.88 Å². The van der Waals surface area contributed by atoms with Crippen LogP contribution in [0.4, 0.5) is 5.69 Å². The Morgan fingerprint density at radius 1 is 0.968 bits per heavy atom. The Morgan fingerprint density at radius 2 is 1.68 bits per heavy atom. The van der Waals surface area contributed by atoms with E-state index in [2.05, 4.69) is 10.0 Å². The molecule has 0 radical (unpaired) electrons. The average molecular weight is 461 g/mol. The molecule has 1 amide bonds. The van der Waals surface area contributed by atoms with Crippen molar-refractivity contribution in [3.05, 3.63) is 70.4 Å². The lowest BCUT2D eigenvalue weighted by molar-refractivity contribution is 0.102. The molecule has 0 bridgehead atoms. The molecular weight excluding hydrogens is 436 g/mol. The second-order valence-corrected chi connectivity index (χ2v) is 9.21. The van der Waals surface area contributed by atoms with E-state index in [4.69, 9.17) is 9.47 Å². The van der Waals surface area contributed by atoms with E-state index in [-0.39, 0.29) is 17.3 Å². The number of hydrogen-bond donors (Lipinski definition) is 2. The van der Waals surface area contributed by atoms with Crippen molar-refractivity contribution >= 4 is 33.0 Å². The Hall–Kier alpha value is -2.88. The summed E-state index contributed by atoms with van der Waals surface area (Å²) in [5.41, 5.74) is 0.885. The highest BCUT2D eigenvalue weighted by molar-refractivity contribution is 7.89. The first-order valence-corrected chi connectivity index (χ1v) is 12.1. The van der Waals surface area contributed by atoms with Gasteiger partial charge in [-0.25, -0.2) is 13.1 Å². The summed E-state index contributed by atoms with van der Waals surface area (Å²) in [6.07, 6.45) is 0. The van der Waals surface area contributed by atoms with E-state index in [0.29, 0.717) is 36.0 Å². The van der Waals surface area contributed by atoms with Crippen molar-refractivity contribution in [1.82, 2.24) is 4.72 Å². The SMILES string of the molecule is CCOc1ccc(NC(=O)c2ccc(S(=O)(=O)NCc3cccs3)cc2)cc1OCC. The minimum absolute atomic E-state index is 0.0975. The van der Waals surface area contributed by atoms with Crippen molar-refractivity contribution in [2.75, 3.05) is 18.5 Å². The van der Waals surface area contributed by atoms with E-state index < -0.39 is 10.0 Å². The smallest absolute Gasteiger partial charge is 0.255 e. The van der Waals surface area contributed by atoms with Crippen molar-refractivity contribution in [2.45, 2.75) is 25.3 Å². The van der Waals surface area contributed by atoms with Crippen LogP contribution < -0.4 is 19.5 Å². The lowest BCUT2D eigenvalue weighted by Crippen LogP contribution is -2.23. The molecule has 31 heavy (non-hydrogen) atoms. The molecule has 2 N–H and O–H groups in total. The number of rotatable bonds is 10. The van der Waals surface area contributed by atoms with Gasteiger partial charge in [0.25, 0.3) is 5.91 Å². The standard InChI is InChI=1S/C22H24N2O5S2/c1-3-28-20-12-9-17(14-21(20)29-4-2)24-22(25)16-7-10-19(11-8-16)31(26,27)23-15-18-6-5-13-30-18/h5-14,23H,3-4,15H2,1-2H3,(H,24,25). The van der Waals surface area contributed by atoms with Crippen LogP contribution in [0.15, 0.2) is 64.9 Å². The van der Waals surface area contributed by atoms with Gasteiger partial charge in [0.1, 0.15) is 0 Å². The molecule has 0 unspecified atom stereocenters. The van der Waals surface area contributed by atoms with Gasteiger partial charge in [-0.05, 0) is 61.7 Å². The number of benzene rings is 2. The predicted octanol–water partition coefficient (Wildman–Crippen LogP) is 4.28. The molecule has 0 saturated heterocycles.